The first kappa shape index (κ1) is 19.0. The average Bonchev–Trinajstić information content (AvgIpc) is 2.62. The molecule has 0 radical (unpaired) electrons. The van der Waals surface area contributed by atoms with Crippen LogP contribution < -0.4 is 10.2 Å². The molecule has 0 unspecified atom stereocenters. The summed E-state index contributed by atoms with van der Waals surface area (Å²) in [6.07, 6.45) is 1.25. The molecule has 1 saturated heterocycles. The molecule has 1 N–H and O–H groups in total. The van der Waals surface area contributed by atoms with Crippen molar-refractivity contribution in [2.24, 2.45) is 0 Å². The van der Waals surface area contributed by atoms with E-state index in [1.165, 1.54) is 36.4 Å². The predicted octanol–water partition coefficient (Wildman–Crippen LogP) is 3.73. The number of amides is 2. The van der Waals surface area contributed by atoms with Crippen molar-refractivity contribution in [2.75, 3.05) is 4.90 Å². The molecular weight excluding hydrogens is 413 g/mol. The van der Waals surface area contributed by atoms with Crippen LogP contribution in [0.3, 0.4) is 0 Å². The Balaban J connectivity index is 2.06. The Bertz CT molecular complexity index is 1040. The highest BCUT2D eigenvalue weighted by Gasteiger charge is 2.35. The second-order valence-electron chi connectivity index (χ2n) is 5.38. The van der Waals surface area contributed by atoms with E-state index in [1.54, 1.807) is 12.1 Å². The third-order valence-electron chi connectivity index (χ3n) is 3.67. The lowest BCUT2D eigenvalue weighted by Crippen LogP contribution is -2.54. The van der Waals surface area contributed by atoms with Crippen LogP contribution in [0.5, 0.6) is 0 Å². The number of nitrogens with one attached hydrogen (secondary N) is 1. The summed E-state index contributed by atoms with van der Waals surface area (Å²) >= 11 is 17.2. The third kappa shape index (κ3) is 3.68. The summed E-state index contributed by atoms with van der Waals surface area (Å²) in [6.45, 7) is 0. The lowest BCUT2D eigenvalue weighted by molar-refractivity contribution is -0.384. The predicted molar refractivity (Wildman–Crippen MR) is 106 cm³/mol. The molecule has 0 aromatic heterocycles. The van der Waals surface area contributed by atoms with E-state index in [2.05, 4.69) is 5.32 Å². The standard InChI is InChI=1S/C17H9Cl2N3O4S/c18-12-5-2-6-13(14(12)19)21-16(24)11(15(23)20-17(21)27)8-9-3-1-4-10(7-9)22(25)26/h1-8H,(H,20,23,27)/b11-8+. The molecule has 3 rings (SSSR count). The number of nitro benzene ring substituents is 1. The Kier molecular flexibility index (Phi) is 5.22. The summed E-state index contributed by atoms with van der Waals surface area (Å²) in [5, 5.41) is 13.5. The van der Waals surface area contributed by atoms with Gasteiger partial charge in [-0.3, -0.25) is 29.9 Å². The van der Waals surface area contributed by atoms with Crippen molar-refractivity contribution < 1.29 is 14.5 Å². The maximum Gasteiger partial charge on any atom is 0.270 e. The van der Waals surface area contributed by atoms with Crippen LogP contribution in [0.1, 0.15) is 5.56 Å². The molecule has 0 atom stereocenters. The fourth-order valence-electron chi connectivity index (χ4n) is 2.44. The van der Waals surface area contributed by atoms with E-state index < -0.39 is 16.7 Å². The molecule has 0 aliphatic carbocycles. The summed E-state index contributed by atoms with van der Waals surface area (Å²) in [4.78, 5) is 36.6. The van der Waals surface area contributed by atoms with Crippen molar-refractivity contribution in [2.45, 2.75) is 0 Å². The lowest BCUT2D eigenvalue weighted by atomic mass is 10.1. The van der Waals surface area contributed by atoms with Crippen LogP contribution in [0.2, 0.25) is 10.0 Å². The maximum atomic E-state index is 12.9. The molecule has 1 aliphatic heterocycles. The molecule has 1 heterocycles. The fourth-order valence-corrected chi connectivity index (χ4v) is 3.09. The third-order valence-corrected chi connectivity index (χ3v) is 4.76. The van der Waals surface area contributed by atoms with Gasteiger partial charge in [-0.15, -0.1) is 0 Å². The molecule has 27 heavy (non-hydrogen) atoms. The molecule has 136 valence electrons. The van der Waals surface area contributed by atoms with Crippen LogP contribution in [0.15, 0.2) is 48.0 Å². The highest BCUT2D eigenvalue weighted by atomic mass is 35.5. The van der Waals surface area contributed by atoms with Gasteiger partial charge in [0.15, 0.2) is 5.11 Å². The summed E-state index contributed by atoms with van der Waals surface area (Å²) in [6, 6.07) is 10.2. The van der Waals surface area contributed by atoms with Crippen LogP contribution in [0.25, 0.3) is 6.08 Å². The Morgan fingerprint density at radius 3 is 2.56 bits per heavy atom. The number of non-ortho nitro benzene ring substituents is 1. The molecule has 1 aliphatic rings. The topological polar surface area (TPSA) is 92.6 Å². The van der Waals surface area contributed by atoms with Gasteiger partial charge in [-0.1, -0.05) is 41.4 Å². The molecule has 0 bridgehead atoms. The van der Waals surface area contributed by atoms with Gasteiger partial charge in [-0.2, -0.15) is 0 Å². The van der Waals surface area contributed by atoms with Gasteiger partial charge in [0.1, 0.15) is 5.57 Å². The van der Waals surface area contributed by atoms with Crippen molar-refractivity contribution in [3.05, 3.63) is 73.8 Å². The minimum atomic E-state index is -0.723. The molecular formula is C17H9Cl2N3O4S. The Morgan fingerprint density at radius 1 is 1.15 bits per heavy atom. The van der Waals surface area contributed by atoms with Gasteiger partial charge in [0.05, 0.1) is 20.7 Å². The SMILES string of the molecule is O=C1NC(=S)N(c2cccc(Cl)c2Cl)C(=O)/C1=C/c1cccc([N+](=O)[O-])c1. The van der Waals surface area contributed by atoms with Crippen molar-refractivity contribution in [1.82, 2.24) is 5.32 Å². The van der Waals surface area contributed by atoms with Gasteiger partial charge in [0.2, 0.25) is 0 Å². The molecule has 7 nitrogen and oxygen atoms in total. The van der Waals surface area contributed by atoms with Crippen LogP contribution >= 0.6 is 35.4 Å². The largest absolute Gasteiger partial charge is 0.298 e. The minimum Gasteiger partial charge on any atom is -0.298 e. The molecule has 2 aromatic carbocycles. The molecule has 0 saturated carbocycles. The molecule has 2 amide bonds. The summed E-state index contributed by atoms with van der Waals surface area (Å²) in [7, 11) is 0. The molecule has 10 heteroatoms. The number of thiocarbonyl (C=S) groups is 1. The first-order valence-corrected chi connectivity index (χ1v) is 8.56. The molecule has 1 fully saturated rings. The van der Waals surface area contributed by atoms with E-state index in [0.29, 0.717) is 5.56 Å². The number of carbonyl (C=O) groups excluding carboxylic acids is 2. The zero-order chi connectivity index (χ0) is 19.7. The van der Waals surface area contributed by atoms with Crippen molar-refractivity contribution >= 4 is 69.8 Å². The van der Waals surface area contributed by atoms with Gasteiger partial charge in [0.25, 0.3) is 17.5 Å². The van der Waals surface area contributed by atoms with Gasteiger partial charge in [0, 0.05) is 12.1 Å². The second kappa shape index (κ2) is 7.43. The average molecular weight is 422 g/mol. The number of rotatable bonds is 3. The van der Waals surface area contributed by atoms with E-state index in [4.69, 9.17) is 35.4 Å². The minimum absolute atomic E-state index is 0.0979. The first-order valence-electron chi connectivity index (χ1n) is 7.39. The van der Waals surface area contributed by atoms with Crippen molar-refractivity contribution in [3.8, 4) is 0 Å². The van der Waals surface area contributed by atoms with E-state index in [1.807, 2.05) is 0 Å². The van der Waals surface area contributed by atoms with Crippen LogP contribution in [-0.4, -0.2) is 21.9 Å². The van der Waals surface area contributed by atoms with Gasteiger partial charge in [-0.05, 0) is 36.0 Å². The lowest BCUT2D eigenvalue weighted by Gasteiger charge is -2.29. The number of nitro groups is 1. The highest BCUT2D eigenvalue weighted by molar-refractivity contribution is 7.80. The van der Waals surface area contributed by atoms with E-state index in [9.17, 15) is 19.7 Å². The fraction of sp³-hybridized carbons (Fsp3) is 0. The van der Waals surface area contributed by atoms with Gasteiger partial charge < -0.3 is 0 Å². The van der Waals surface area contributed by atoms with Gasteiger partial charge >= 0.3 is 0 Å². The summed E-state index contributed by atoms with van der Waals surface area (Å²) in [5.41, 5.74) is 0.107. The Hall–Kier alpha value is -2.81. The summed E-state index contributed by atoms with van der Waals surface area (Å²) < 4.78 is 0. The molecule has 2 aromatic rings. The van der Waals surface area contributed by atoms with Crippen molar-refractivity contribution in [3.63, 3.8) is 0 Å². The normalized spacial score (nSPS) is 15.9. The highest BCUT2D eigenvalue weighted by Crippen LogP contribution is 2.34. The first-order chi connectivity index (χ1) is 12.8. The van der Waals surface area contributed by atoms with E-state index in [0.717, 1.165) is 4.90 Å². The number of halogens is 2. The van der Waals surface area contributed by atoms with Gasteiger partial charge in [-0.25, -0.2) is 0 Å². The zero-order valence-corrected chi connectivity index (χ0v) is 15.6. The Labute approximate surface area is 168 Å². The maximum absolute atomic E-state index is 12.9. The molecule has 0 spiro atoms. The second-order valence-corrected chi connectivity index (χ2v) is 6.55. The quantitative estimate of drug-likeness (QED) is 0.268. The van der Waals surface area contributed by atoms with Crippen LogP contribution in [-0.2, 0) is 9.59 Å². The summed E-state index contributed by atoms with van der Waals surface area (Å²) in [5.74, 6) is -1.44. The number of benzene rings is 2. The zero-order valence-electron chi connectivity index (χ0n) is 13.3. The van der Waals surface area contributed by atoms with Crippen LogP contribution in [0, 0.1) is 10.1 Å². The monoisotopic (exact) mass is 421 g/mol. The number of carbonyl (C=O) groups is 2. The number of anilines is 1. The number of hydrogen-bond acceptors (Lipinski definition) is 5. The van der Waals surface area contributed by atoms with E-state index in [-0.39, 0.29) is 32.1 Å². The van der Waals surface area contributed by atoms with E-state index >= 15 is 0 Å². The number of hydrogen-bond donors (Lipinski definition) is 1. The van der Waals surface area contributed by atoms with Crippen LogP contribution in [0.4, 0.5) is 11.4 Å². The Morgan fingerprint density at radius 2 is 1.85 bits per heavy atom. The van der Waals surface area contributed by atoms with Crippen molar-refractivity contribution in [1.29, 1.82) is 0 Å². The number of nitrogens with zero attached hydrogens (tertiary/aromatic N) is 2. The smallest absolute Gasteiger partial charge is 0.270 e.